The lowest BCUT2D eigenvalue weighted by molar-refractivity contribution is 0.104. The maximum absolute atomic E-state index is 12.3. The summed E-state index contributed by atoms with van der Waals surface area (Å²) in [5.41, 5.74) is 1.57. The van der Waals surface area contributed by atoms with Gasteiger partial charge in [-0.2, -0.15) is 5.10 Å². The number of hydrogen-bond donors (Lipinski definition) is 0. The average molecular weight is 311 g/mol. The van der Waals surface area contributed by atoms with Gasteiger partial charge in [0.15, 0.2) is 5.78 Å². The van der Waals surface area contributed by atoms with Gasteiger partial charge in [-0.25, -0.2) is 0 Å². The first-order valence-corrected chi connectivity index (χ1v) is 7.59. The van der Waals surface area contributed by atoms with Crippen LogP contribution in [0.2, 0.25) is 0 Å². The Kier molecular flexibility index (Phi) is 4.35. The number of allylic oxidation sites excluding steroid dienone is 1. The molecule has 0 fully saturated rings. The monoisotopic (exact) mass is 310 g/mol. The van der Waals surface area contributed by atoms with E-state index in [2.05, 4.69) is 5.10 Å². The Morgan fingerprint density at radius 1 is 1.18 bits per heavy atom. The van der Waals surface area contributed by atoms with E-state index in [0.717, 1.165) is 16.3 Å². The molecule has 0 amide bonds. The summed E-state index contributed by atoms with van der Waals surface area (Å²) in [6, 6.07) is 13.7. The molecular formula is C18H15ClN2O. The lowest BCUT2D eigenvalue weighted by Gasteiger charge is -2.00. The van der Waals surface area contributed by atoms with E-state index < -0.39 is 0 Å². The molecule has 2 aromatic carbocycles. The van der Waals surface area contributed by atoms with Crippen LogP contribution in [0.25, 0.3) is 16.8 Å². The second-order valence-corrected chi connectivity index (χ2v) is 5.36. The van der Waals surface area contributed by atoms with Crippen molar-refractivity contribution < 1.29 is 4.79 Å². The summed E-state index contributed by atoms with van der Waals surface area (Å²) in [4.78, 5) is 12.3. The summed E-state index contributed by atoms with van der Waals surface area (Å²) >= 11 is 5.67. The maximum atomic E-state index is 12.3. The van der Waals surface area contributed by atoms with E-state index in [9.17, 15) is 4.79 Å². The second-order valence-electron chi connectivity index (χ2n) is 4.99. The number of carbonyl (C=O) groups is 1. The zero-order chi connectivity index (χ0) is 15.4. The molecule has 0 N–H and O–H groups in total. The first kappa shape index (κ1) is 14.5. The fourth-order valence-electron chi connectivity index (χ4n) is 2.29. The molecule has 0 unspecified atom stereocenters. The number of aromatic nitrogens is 2. The third-order valence-electron chi connectivity index (χ3n) is 3.43. The Morgan fingerprint density at radius 3 is 2.82 bits per heavy atom. The Bertz CT molecular complexity index is 836. The highest BCUT2D eigenvalue weighted by Crippen LogP contribution is 2.16. The van der Waals surface area contributed by atoms with Crippen molar-refractivity contribution in [2.24, 2.45) is 0 Å². The highest BCUT2D eigenvalue weighted by molar-refractivity contribution is 6.17. The minimum absolute atomic E-state index is 0.0177. The van der Waals surface area contributed by atoms with Crippen LogP contribution in [-0.4, -0.2) is 21.4 Å². The van der Waals surface area contributed by atoms with Crippen LogP contribution in [0.15, 0.2) is 60.9 Å². The van der Waals surface area contributed by atoms with E-state index in [4.69, 9.17) is 11.6 Å². The van der Waals surface area contributed by atoms with Crippen molar-refractivity contribution in [2.45, 2.75) is 6.54 Å². The number of benzene rings is 2. The molecule has 0 saturated carbocycles. The molecule has 0 spiro atoms. The van der Waals surface area contributed by atoms with Crippen LogP contribution < -0.4 is 0 Å². The number of ketones is 1. The number of alkyl halides is 1. The van der Waals surface area contributed by atoms with Gasteiger partial charge in [-0.05, 0) is 29.0 Å². The molecule has 3 nitrogen and oxygen atoms in total. The predicted molar refractivity (Wildman–Crippen MR) is 90.3 cm³/mol. The first-order chi connectivity index (χ1) is 10.8. The van der Waals surface area contributed by atoms with Crippen LogP contribution in [-0.2, 0) is 6.54 Å². The standard InChI is InChI=1S/C18H15ClN2O/c19-9-10-21-13-14(12-20-21)5-8-18(22)17-7-6-15-3-1-2-4-16(15)11-17/h1-8,11-13H,9-10H2. The molecule has 0 atom stereocenters. The van der Waals surface area contributed by atoms with Gasteiger partial charge >= 0.3 is 0 Å². The lowest BCUT2D eigenvalue weighted by Crippen LogP contribution is -1.98. The highest BCUT2D eigenvalue weighted by atomic mass is 35.5. The first-order valence-electron chi connectivity index (χ1n) is 7.06. The van der Waals surface area contributed by atoms with Crippen LogP contribution in [0.1, 0.15) is 15.9 Å². The number of carbonyl (C=O) groups excluding carboxylic acids is 1. The molecule has 3 rings (SSSR count). The smallest absolute Gasteiger partial charge is 0.185 e. The molecule has 0 aliphatic heterocycles. The van der Waals surface area contributed by atoms with Crippen LogP contribution >= 0.6 is 11.6 Å². The van der Waals surface area contributed by atoms with Gasteiger partial charge in [-0.15, -0.1) is 11.6 Å². The molecular weight excluding hydrogens is 296 g/mol. The van der Waals surface area contributed by atoms with Crippen molar-refractivity contribution in [2.75, 3.05) is 5.88 Å². The largest absolute Gasteiger partial charge is 0.289 e. The molecule has 0 radical (unpaired) electrons. The summed E-state index contributed by atoms with van der Waals surface area (Å²) in [6.07, 6.45) is 6.94. The number of nitrogens with zero attached hydrogens (tertiary/aromatic N) is 2. The summed E-state index contributed by atoms with van der Waals surface area (Å²) in [5, 5.41) is 6.36. The van der Waals surface area contributed by atoms with Gasteiger partial charge in [0.25, 0.3) is 0 Å². The molecule has 0 aliphatic carbocycles. The Morgan fingerprint density at radius 2 is 2.00 bits per heavy atom. The molecule has 1 aromatic heterocycles. The second kappa shape index (κ2) is 6.58. The minimum atomic E-state index is -0.0177. The molecule has 3 aromatic rings. The van der Waals surface area contributed by atoms with Crippen molar-refractivity contribution in [1.29, 1.82) is 0 Å². The van der Waals surface area contributed by atoms with Gasteiger partial charge in [0.1, 0.15) is 0 Å². The number of hydrogen-bond acceptors (Lipinski definition) is 2. The van der Waals surface area contributed by atoms with Crippen LogP contribution in [0.4, 0.5) is 0 Å². The predicted octanol–water partition coefficient (Wildman–Crippen LogP) is 4.17. The van der Waals surface area contributed by atoms with E-state index >= 15 is 0 Å². The summed E-state index contributed by atoms with van der Waals surface area (Å²) < 4.78 is 1.76. The van der Waals surface area contributed by atoms with Crippen LogP contribution in [0.5, 0.6) is 0 Å². The number of fused-ring (bicyclic) bond motifs is 1. The lowest BCUT2D eigenvalue weighted by atomic mass is 10.0. The fraction of sp³-hybridized carbons (Fsp3) is 0.111. The Labute approximate surface area is 133 Å². The fourth-order valence-corrected chi connectivity index (χ4v) is 2.46. The number of halogens is 1. The van der Waals surface area contributed by atoms with E-state index in [1.54, 1.807) is 23.0 Å². The topological polar surface area (TPSA) is 34.9 Å². The molecule has 4 heteroatoms. The van der Waals surface area contributed by atoms with Gasteiger partial charge in [-0.3, -0.25) is 9.48 Å². The van der Waals surface area contributed by atoms with E-state index in [1.807, 2.05) is 48.7 Å². The van der Waals surface area contributed by atoms with E-state index in [0.29, 0.717) is 18.0 Å². The molecule has 110 valence electrons. The molecule has 0 bridgehead atoms. The van der Waals surface area contributed by atoms with Gasteiger partial charge in [0, 0.05) is 23.2 Å². The van der Waals surface area contributed by atoms with Gasteiger partial charge in [0.05, 0.1) is 12.7 Å². The summed E-state index contributed by atoms with van der Waals surface area (Å²) in [5.74, 6) is 0.497. The van der Waals surface area contributed by atoms with E-state index in [1.165, 1.54) is 0 Å². The van der Waals surface area contributed by atoms with Gasteiger partial charge in [0.2, 0.25) is 0 Å². The third kappa shape index (κ3) is 3.26. The summed E-state index contributed by atoms with van der Waals surface area (Å²) in [6.45, 7) is 0.661. The number of rotatable bonds is 5. The SMILES string of the molecule is O=C(C=Cc1cnn(CCCl)c1)c1ccc2ccccc2c1. The van der Waals surface area contributed by atoms with Gasteiger partial charge in [-0.1, -0.05) is 36.4 Å². The molecule has 22 heavy (non-hydrogen) atoms. The van der Waals surface area contributed by atoms with Crippen molar-refractivity contribution in [3.63, 3.8) is 0 Å². The minimum Gasteiger partial charge on any atom is -0.289 e. The zero-order valence-corrected chi connectivity index (χ0v) is 12.7. The molecule has 0 aliphatic rings. The van der Waals surface area contributed by atoms with Crippen molar-refractivity contribution in [3.05, 3.63) is 72.1 Å². The van der Waals surface area contributed by atoms with E-state index in [-0.39, 0.29) is 5.78 Å². The normalized spacial score (nSPS) is 11.3. The maximum Gasteiger partial charge on any atom is 0.185 e. The number of aryl methyl sites for hydroxylation is 1. The van der Waals surface area contributed by atoms with Gasteiger partial charge < -0.3 is 0 Å². The van der Waals surface area contributed by atoms with Crippen LogP contribution in [0, 0.1) is 0 Å². The third-order valence-corrected chi connectivity index (χ3v) is 3.60. The highest BCUT2D eigenvalue weighted by Gasteiger charge is 2.03. The average Bonchev–Trinajstić information content (AvgIpc) is 3.00. The van der Waals surface area contributed by atoms with Crippen molar-refractivity contribution >= 4 is 34.2 Å². The van der Waals surface area contributed by atoms with Crippen LogP contribution in [0.3, 0.4) is 0 Å². The van der Waals surface area contributed by atoms with Crippen molar-refractivity contribution in [3.8, 4) is 0 Å². The summed E-state index contributed by atoms with van der Waals surface area (Å²) in [7, 11) is 0. The Balaban J connectivity index is 1.78. The quantitative estimate of drug-likeness (QED) is 0.403. The molecule has 1 heterocycles. The Hall–Kier alpha value is -2.39. The molecule has 0 saturated heterocycles. The zero-order valence-electron chi connectivity index (χ0n) is 11.9. The van der Waals surface area contributed by atoms with Crippen molar-refractivity contribution in [1.82, 2.24) is 9.78 Å².